The number of benzene rings is 3. The fourth-order valence-corrected chi connectivity index (χ4v) is 8.69. The van der Waals surface area contributed by atoms with Crippen molar-refractivity contribution in [2.24, 2.45) is 23.2 Å². The standard InChI is InChI=1S/C37H43Cl2NO5S/c1-22(2)32(21-46(44,45)23(3)4)35-34(26-10-14-28(38)15-11-26)31(27-8-7-9-29(39)18-27)19-37(6,36(35)43)20-33(42)40-30-16-12-25(13-17-30)24(5)41/h7-18,22-23,31-32,34-35H,19-21H2,1-6H3,(H,40,42)/t31-,32-,34-,35?,37-/m1/s1. The molecule has 4 rings (SSSR count). The SMILES string of the molecule is CC(=O)c1ccc(NC(=O)C[C@@]2(C)C[C@H](c3cccc(Cl)c3)[C@@H](c3ccc(Cl)cc3)C([C@H](CS(=O)(=O)C(C)C)C(C)C)C2=O)cc1. The van der Waals surface area contributed by atoms with Crippen molar-refractivity contribution < 1.29 is 22.8 Å². The Balaban J connectivity index is 1.85. The molecule has 1 saturated carbocycles. The van der Waals surface area contributed by atoms with Crippen molar-refractivity contribution in [3.63, 3.8) is 0 Å². The normalized spacial score (nSPS) is 22.6. The minimum absolute atomic E-state index is 0.0780. The highest BCUT2D eigenvalue weighted by atomic mass is 35.5. The van der Waals surface area contributed by atoms with Crippen LogP contribution in [0.3, 0.4) is 0 Å². The van der Waals surface area contributed by atoms with Crippen LogP contribution >= 0.6 is 23.2 Å². The maximum atomic E-state index is 15.0. The lowest BCUT2D eigenvalue weighted by atomic mass is 9.53. The Morgan fingerprint density at radius 2 is 1.54 bits per heavy atom. The summed E-state index contributed by atoms with van der Waals surface area (Å²) in [6.07, 6.45) is 0.261. The molecule has 1 aliphatic rings. The molecule has 5 atom stereocenters. The van der Waals surface area contributed by atoms with Crippen molar-refractivity contribution >= 4 is 56.2 Å². The number of hydrogen-bond donors (Lipinski definition) is 1. The van der Waals surface area contributed by atoms with Gasteiger partial charge in [-0.2, -0.15) is 0 Å². The van der Waals surface area contributed by atoms with E-state index in [9.17, 15) is 22.8 Å². The molecule has 0 radical (unpaired) electrons. The summed E-state index contributed by atoms with van der Waals surface area (Å²) in [7, 11) is -3.52. The van der Waals surface area contributed by atoms with Crippen LogP contribution in [0.5, 0.6) is 0 Å². The fourth-order valence-electron chi connectivity index (χ4n) is 6.86. The average molecular weight is 685 g/mol. The van der Waals surface area contributed by atoms with E-state index in [1.54, 1.807) is 56.3 Å². The molecular weight excluding hydrogens is 641 g/mol. The Hall–Kier alpha value is -3.00. The quantitative estimate of drug-likeness (QED) is 0.204. The third-order valence-corrected chi connectivity index (χ3v) is 12.3. The van der Waals surface area contributed by atoms with Gasteiger partial charge in [-0.05, 0) is 105 Å². The molecule has 6 nitrogen and oxygen atoms in total. The van der Waals surface area contributed by atoms with Crippen LogP contribution in [0.4, 0.5) is 5.69 Å². The van der Waals surface area contributed by atoms with Crippen LogP contribution in [-0.2, 0) is 19.4 Å². The number of anilines is 1. The second-order valence-corrected chi connectivity index (χ2v) is 17.0. The van der Waals surface area contributed by atoms with Gasteiger partial charge in [-0.15, -0.1) is 0 Å². The molecule has 1 fully saturated rings. The summed E-state index contributed by atoms with van der Waals surface area (Å²) in [5, 5.41) is 3.41. The summed E-state index contributed by atoms with van der Waals surface area (Å²) >= 11 is 12.8. The Labute approximate surface area is 283 Å². The second-order valence-electron chi connectivity index (χ2n) is 13.5. The molecule has 1 aliphatic carbocycles. The number of carbonyl (C=O) groups excluding carboxylic acids is 3. The van der Waals surface area contributed by atoms with Gasteiger partial charge < -0.3 is 5.32 Å². The zero-order valence-corrected chi connectivity index (χ0v) is 29.5. The maximum absolute atomic E-state index is 15.0. The number of nitrogens with one attached hydrogen (secondary N) is 1. The third-order valence-electron chi connectivity index (χ3n) is 9.51. The van der Waals surface area contributed by atoms with Gasteiger partial charge in [0.2, 0.25) is 5.91 Å². The van der Waals surface area contributed by atoms with Crippen LogP contribution in [0.2, 0.25) is 10.0 Å². The molecule has 1 unspecified atom stereocenters. The highest BCUT2D eigenvalue weighted by Crippen LogP contribution is 2.56. The third kappa shape index (κ3) is 8.10. The Bertz CT molecular complexity index is 1690. The van der Waals surface area contributed by atoms with Crippen molar-refractivity contribution in [1.82, 2.24) is 0 Å². The number of Topliss-reactive ketones (excluding diaryl/α,β-unsaturated/α-hetero) is 2. The molecule has 0 bridgehead atoms. The number of carbonyl (C=O) groups is 3. The first-order chi connectivity index (χ1) is 21.5. The number of rotatable bonds is 11. The topological polar surface area (TPSA) is 97.4 Å². The highest BCUT2D eigenvalue weighted by molar-refractivity contribution is 7.91. The number of sulfone groups is 1. The Kier molecular flexibility index (Phi) is 11.2. The minimum atomic E-state index is -3.52. The molecule has 3 aromatic rings. The summed E-state index contributed by atoms with van der Waals surface area (Å²) < 4.78 is 26.9. The number of amides is 1. The van der Waals surface area contributed by atoms with E-state index in [0.717, 1.165) is 11.1 Å². The lowest BCUT2D eigenvalue weighted by Gasteiger charge is -2.50. The molecule has 0 spiro atoms. The van der Waals surface area contributed by atoms with Crippen molar-refractivity contribution in [3.8, 4) is 0 Å². The van der Waals surface area contributed by atoms with Gasteiger partial charge in [-0.1, -0.05) is 68.2 Å². The molecule has 3 aromatic carbocycles. The Morgan fingerprint density at radius 1 is 0.913 bits per heavy atom. The van der Waals surface area contributed by atoms with Crippen LogP contribution in [0.25, 0.3) is 0 Å². The van der Waals surface area contributed by atoms with Gasteiger partial charge in [-0.3, -0.25) is 14.4 Å². The largest absolute Gasteiger partial charge is 0.326 e. The molecule has 0 saturated heterocycles. The lowest BCUT2D eigenvalue weighted by Crippen LogP contribution is -2.51. The summed E-state index contributed by atoms with van der Waals surface area (Å²) in [5.74, 6) is -2.67. The summed E-state index contributed by atoms with van der Waals surface area (Å²) in [6.45, 7) is 10.6. The number of ketones is 2. The number of halogens is 2. The van der Waals surface area contributed by atoms with E-state index >= 15 is 0 Å². The highest BCUT2D eigenvalue weighted by Gasteiger charge is 2.55. The summed E-state index contributed by atoms with van der Waals surface area (Å²) in [5.41, 5.74) is 1.75. The summed E-state index contributed by atoms with van der Waals surface area (Å²) in [4.78, 5) is 40.3. The predicted octanol–water partition coefficient (Wildman–Crippen LogP) is 8.78. The zero-order chi connectivity index (χ0) is 34.0. The summed E-state index contributed by atoms with van der Waals surface area (Å²) in [6, 6.07) is 21.6. The molecule has 9 heteroatoms. The van der Waals surface area contributed by atoms with Crippen LogP contribution in [-0.4, -0.2) is 36.9 Å². The van der Waals surface area contributed by atoms with Gasteiger partial charge in [0, 0.05) is 45.0 Å². The van der Waals surface area contributed by atoms with Gasteiger partial charge in [0.1, 0.15) is 5.78 Å². The van der Waals surface area contributed by atoms with E-state index in [4.69, 9.17) is 23.2 Å². The van der Waals surface area contributed by atoms with Gasteiger partial charge in [0.05, 0.1) is 11.0 Å². The van der Waals surface area contributed by atoms with E-state index < -0.39 is 32.3 Å². The van der Waals surface area contributed by atoms with Gasteiger partial charge >= 0.3 is 0 Å². The molecule has 0 aromatic heterocycles. The Morgan fingerprint density at radius 3 is 2.09 bits per heavy atom. The predicted molar refractivity (Wildman–Crippen MR) is 187 cm³/mol. The van der Waals surface area contributed by atoms with Crippen molar-refractivity contribution in [2.75, 3.05) is 11.1 Å². The first kappa shape index (κ1) is 35.8. The maximum Gasteiger partial charge on any atom is 0.225 e. The van der Waals surface area contributed by atoms with Crippen LogP contribution < -0.4 is 5.32 Å². The van der Waals surface area contributed by atoms with E-state index in [2.05, 4.69) is 5.32 Å². The first-order valence-electron chi connectivity index (χ1n) is 15.7. The fraction of sp³-hybridized carbons (Fsp3) is 0.432. The monoisotopic (exact) mass is 683 g/mol. The van der Waals surface area contributed by atoms with Gasteiger partial charge in [0.25, 0.3) is 0 Å². The molecular formula is C37H43Cl2NO5S. The minimum Gasteiger partial charge on any atom is -0.326 e. The van der Waals surface area contributed by atoms with E-state index in [1.165, 1.54) is 6.92 Å². The molecule has 1 amide bonds. The molecule has 0 heterocycles. The zero-order valence-electron chi connectivity index (χ0n) is 27.2. The molecule has 0 aliphatic heterocycles. The molecule has 246 valence electrons. The van der Waals surface area contributed by atoms with E-state index in [1.807, 2.05) is 51.1 Å². The average Bonchev–Trinajstić information content (AvgIpc) is 2.98. The second kappa shape index (κ2) is 14.4. The van der Waals surface area contributed by atoms with Crippen LogP contribution in [0, 0.1) is 23.2 Å². The first-order valence-corrected chi connectivity index (χ1v) is 18.2. The van der Waals surface area contributed by atoms with Crippen molar-refractivity contribution in [1.29, 1.82) is 0 Å². The van der Waals surface area contributed by atoms with Crippen molar-refractivity contribution in [3.05, 3.63) is 99.5 Å². The van der Waals surface area contributed by atoms with Crippen molar-refractivity contribution in [2.45, 2.75) is 71.5 Å². The van der Waals surface area contributed by atoms with Gasteiger partial charge in [0.15, 0.2) is 15.6 Å². The van der Waals surface area contributed by atoms with Gasteiger partial charge in [-0.25, -0.2) is 8.42 Å². The lowest BCUT2D eigenvalue weighted by molar-refractivity contribution is -0.143. The van der Waals surface area contributed by atoms with E-state index in [0.29, 0.717) is 27.7 Å². The molecule has 46 heavy (non-hydrogen) atoms. The van der Waals surface area contributed by atoms with Crippen LogP contribution in [0.1, 0.15) is 87.7 Å². The van der Waals surface area contributed by atoms with E-state index in [-0.39, 0.29) is 47.4 Å². The smallest absolute Gasteiger partial charge is 0.225 e. The van der Waals surface area contributed by atoms with Crippen LogP contribution in [0.15, 0.2) is 72.8 Å². The number of hydrogen-bond acceptors (Lipinski definition) is 5. The molecule has 1 N–H and O–H groups in total.